The van der Waals surface area contributed by atoms with Gasteiger partial charge in [-0.2, -0.15) is 0 Å². The van der Waals surface area contributed by atoms with Crippen molar-refractivity contribution in [3.8, 4) is 11.5 Å². The van der Waals surface area contributed by atoms with Crippen molar-refractivity contribution in [3.63, 3.8) is 0 Å². The molecular weight excluding hydrogens is 352 g/mol. The van der Waals surface area contributed by atoms with Gasteiger partial charge >= 0.3 is 0 Å². The van der Waals surface area contributed by atoms with Crippen LogP contribution in [0.2, 0.25) is 0 Å². The molecule has 1 heterocycles. The molecule has 4 rings (SSSR count). The zero-order valence-electron chi connectivity index (χ0n) is 16.0. The molecule has 1 atom stereocenters. The fourth-order valence-corrected chi connectivity index (χ4v) is 3.54. The molecule has 3 N–H and O–H groups in total. The second-order valence-electron chi connectivity index (χ2n) is 7.29. The van der Waals surface area contributed by atoms with Gasteiger partial charge in [0.2, 0.25) is 0 Å². The van der Waals surface area contributed by atoms with Crippen LogP contribution in [0.5, 0.6) is 11.5 Å². The van der Waals surface area contributed by atoms with E-state index in [4.69, 9.17) is 4.74 Å². The van der Waals surface area contributed by atoms with E-state index in [9.17, 15) is 9.90 Å². The maximum Gasteiger partial charge on any atom is 0.252 e. The van der Waals surface area contributed by atoms with E-state index in [-0.39, 0.29) is 23.8 Å². The van der Waals surface area contributed by atoms with Gasteiger partial charge < -0.3 is 20.5 Å². The smallest absolute Gasteiger partial charge is 0.252 e. The molecule has 28 heavy (non-hydrogen) atoms. The maximum absolute atomic E-state index is 13.0. The van der Waals surface area contributed by atoms with Crippen LogP contribution in [-0.2, 0) is 0 Å². The minimum absolute atomic E-state index is 0.158. The Labute approximate surface area is 164 Å². The summed E-state index contributed by atoms with van der Waals surface area (Å²) in [7, 11) is 0. The van der Waals surface area contributed by atoms with Crippen molar-refractivity contribution in [2.75, 3.05) is 13.1 Å². The normalized spacial score (nSPS) is 15.1. The molecule has 0 bridgehead atoms. The lowest BCUT2D eigenvalue weighted by atomic mass is 9.98. The first-order valence-electron chi connectivity index (χ1n) is 9.52. The van der Waals surface area contributed by atoms with Crippen molar-refractivity contribution in [1.82, 2.24) is 10.6 Å². The summed E-state index contributed by atoms with van der Waals surface area (Å²) in [5.74, 6) is 0.690. The number of phenols is 1. The van der Waals surface area contributed by atoms with Crippen LogP contribution in [0.25, 0.3) is 10.8 Å². The second kappa shape index (κ2) is 7.52. The molecule has 0 aromatic heterocycles. The number of hydrogen-bond donors (Lipinski definition) is 3. The van der Waals surface area contributed by atoms with Crippen LogP contribution in [-0.4, -0.2) is 30.2 Å². The lowest BCUT2D eigenvalue weighted by Gasteiger charge is -2.28. The van der Waals surface area contributed by atoms with Crippen molar-refractivity contribution in [2.24, 2.45) is 0 Å². The third-order valence-corrected chi connectivity index (χ3v) is 5.23. The van der Waals surface area contributed by atoms with E-state index < -0.39 is 0 Å². The molecule has 1 saturated heterocycles. The van der Waals surface area contributed by atoms with Gasteiger partial charge in [0.15, 0.2) is 0 Å². The zero-order chi connectivity index (χ0) is 19.7. The average Bonchev–Trinajstić information content (AvgIpc) is 2.65. The number of hydrogen-bond acceptors (Lipinski definition) is 4. The molecule has 0 aliphatic carbocycles. The Balaban J connectivity index is 1.58. The number of ether oxygens (including phenoxy) is 1. The number of carbonyl (C=O) groups is 1. The fraction of sp³-hybridized carbons (Fsp3) is 0.261. The lowest BCUT2D eigenvalue weighted by molar-refractivity contribution is 0.0937. The van der Waals surface area contributed by atoms with E-state index in [1.54, 1.807) is 12.1 Å². The Hall–Kier alpha value is -3.05. The summed E-state index contributed by atoms with van der Waals surface area (Å²) in [5.41, 5.74) is 2.18. The molecule has 1 amide bonds. The van der Waals surface area contributed by atoms with Crippen LogP contribution in [0.4, 0.5) is 0 Å². The van der Waals surface area contributed by atoms with E-state index in [1.807, 2.05) is 56.3 Å². The maximum atomic E-state index is 13.0. The quantitative estimate of drug-likeness (QED) is 0.635. The van der Waals surface area contributed by atoms with Gasteiger partial charge in [-0.05, 0) is 48.4 Å². The average molecular weight is 376 g/mol. The molecule has 5 nitrogen and oxygen atoms in total. The summed E-state index contributed by atoms with van der Waals surface area (Å²) < 4.78 is 5.88. The van der Waals surface area contributed by atoms with Crippen molar-refractivity contribution >= 4 is 16.7 Å². The zero-order valence-corrected chi connectivity index (χ0v) is 16.0. The molecule has 3 aromatic carbocycles. The Morgan fingerprint density at radius 2 is 1.96 bits per heavy atom. The first-order valence-corrected chi connectivity index (χ1v) is 9.52. The van der Waals surface area contributed by atoms with Crippen molar-refractivity contribution in [1.29, 1.82) is 0 Å². The van der Waals surface area contributed by atoms with Crippen molar-refractivity contribution in [3.05, 3.63) is 71.3 Å². The van der Waals surface area contributed by atoms with Gasteiger partial charge in [-0.15, -0.1) is 0 Å². The summed E-state index contributed by atoms with van der Waals surface area (Å²) in [5, 5.41) is 18.6. The Morgan fingerprint density at radius 1 is 1.18 bits per heavy atom. The number of phenolic OH excluding ortho intramolecular Hbond substituents is 1. The first kappa shape index (κ1) is 18.3. The number of carbonyl (C=O) groups excluding carboxylic acids is 1. The fourth-order valence-electron chi connectivity index (χ4n) is 3.54. The van der Waals surface area contributed by atoms with E-state index >= 15 is 0 Å². The van der Waals surface area contributed by atoms with Gasteiger partial charge in [0.05, 0.1) is 6.04 Å². The summed E-state index contributed by atoms with van der Waals surface area (Å²) in [6, 6.07) is 16.6. The summed E-state index contributed by atoms with van der Waals surface area (Å²) >= 11 is 0. The second-order valence-corrected chi connectivity index (χ2v) is 7.29. The SMILES string of the molecule is Cc1ccc(OC2CNC2)cc1C(=O)NC(C)c1c(O)ccc2ccccc12. The molecule has 144 valence electrons. The standard InChI is InChI=1S/C23H24N2O3/c1-14-7-9-17(28-18-12-24-13-18)11-20(14)23(27)25-15(2)22-19-6-4-3-5-16(19)8-10-21(22)26/h3-11,15,18,24,26H,12-13H2,1-2H3,(H,25,27). The van der Waals surface area contributed by atoms with E-state index in [0.717, 1.165) is 35.0 Å². The topological polar surface area (TPSA) is 70.6 Å². The predicted molar refractivity (Wildman–Crippen MR) is 110 cm³/mol. The molecule has 3 aromatic rings. The van der Waals surface area contributed by atoms with Gasteiger partial charge in [0, 0.05) is 24.2 Å². The minimum atomic E-state index is -0.349. The van der Waals surface area contributed by atoms with Gasteiger partial charge in [0.25, 0.3) is 5.91 Å². The van der Waals surface area contributed by atoms with E-state index in [1.165, 1.54) is 0 Å². The third kappa shape index (κ3) is 3.53. The highest BCUT2D eigenvalue weighted by atomic mass is 16.5. The number of fused-ring (bicyclic) bond motifs is 1. The number of nitrogens with one attached hydrogen (secondary N) is 2. The summed E-state index contributed by atoms with van der Waals surface area (Å²) in [6.07, 6.45) is 0.158. The van der Waals surface area contributed by atoms with Crippen molar-refractivity contribution in [2.45, 2.75) is 26.0 Å². The highest BCUT2D eigenvalue weighted by Gasteiger charge is 2.21. The highest BCUT2D eigenvalue weighted by molar-refractivity contribution is 5.97. The number of rotatable bonds is 5. The van der Waals surface area contributed by atoms with Crippen LogP contribution in [0.3, 0.4) is 0 Å². The van der Waals surface area contributed by atoms with Crippen LogP contribution in [0, 0.1) is 6.92 Å². The van der Waals surface area contributed by atoms with Gasteiger partial charge in [-0.25, -0.2) is 0 Å². The molecular formula is C23H24N2O3. The molecule has 0 spiro atoms. The molecule has 1 aliphatic heterocycles. The van der Waals surface area contributed by atoms with Gasteiger partial charge in [-0.3, -0.25) is 4.79 Å². The highest BCUT2D eigenvalue weighted by Crippen LogP contribution is 2.32. The van der Waals surface area contributed by atoms with Crippen molar-refractivity contribution < 1.29 is 14.6 Å². The molecule has 5 heteroatoms. The van der Waals surface area contributed by atoms with Crippen LogP contribution >= 0.6 is 0 Å². The van der Waals surface area contributed by atoms with E-state index in [2.05, 4.69) is 10.6 Å². The number of benzene rings is 3. The minimum Gasteiger partial charge on any atom is -0.508 e. The summed E-state index contributed by atoms with van der Waals surface area (Å²) in [6.45, 7) is 5.44. The van der Waals surface area contributed by atoms with Gasteiger partial charge in [0.1, 0.15) is 17.6 Å². The number of aryl methyl sites for hydroxylation is 1. The van der Waals surface area contributed by atoms with E-state index in [0.29, 0.717) is 11.3 Å². The first-order chi connectivity index (χ1) is 13.5. The summed E-state index contributed by atoms with van der Waals surface area (Å²) in [4.78, 5) is 13.0. The number of amides is 1. The predicted octanol–water partition coefficient (Wildman–Crippen LogP) is 3.70. The Kier molecular flexibility index (Phi) is 4.92. The third-order valence-electron chi connectivity index (χ3n) is 5.23. The monoisotopic (exact) mass is 376 g/mol. The molecule has 0 saturated carbocycles. The lowest BCUT2D eigenvalue weighted by Crippen LogP contribution is -2.50. The van der Waals surface area contributed by atoms with Crippen LogP contribution in [0.1, 0.15) is 34.5 Å². The molecule has 0 radical (unpaired) electrons. The van der Waals surface area contributed by atoms with Crippen LogP contribution < -0.4 is 15.4 Å². The number of aromatic hydroxyl groups is 1. The van der Waals surface area contributed by atoms with Crippen LogP contribution in [0.15, 0.2) is 54.6 Å². The largest absolute Gasteiger partial charge is 0.508 e. The Morgan fingerprint density at radius 3 is 2.71 bits per heavy atom. The molecule has 1 unspecified atom stereocenters. The molecule has 1 aliphatic rings. The van der Waals surface area contributed by atoms with Gasteiger partial charge in [-0.1, -0.05) is 36.4 Å². The Bertz CT molecular complexity index is 1030. The molecule has 1 fully saturated rings.